The Labute approximate surface area is 56.1 Å². The summed E-state index contributed by atoms with van der Waals surface area (Å²) < 4.78 is 0. The monoisotopic (exact) mass is 126 g/mol. The van der Waals surface area contributed by atoms with Gasteiger partial charge < -0.3 is 5.11 Å². The summed E-state index contributed by atoms with van der Waals surface area (Å²) >= 11 is 0. The van der Waals surface area contributed by atoms with Crippen LogP contribution in [0.25, 0.3) is 0 Å². The molecule has 0 heterocycles. The molecular weight excluding hydrogens is 112 g/mol. The third kappa shape index (κ3) is 0.983. The second-order valence-corrected chi connectivity index (χ2v) is 3.51. The smallest absolute Gasteiger partial charge is 0.0571 e. The maximum absolute atomic E-state index is 9.40. The predicted molar refractivity (Wildman–Crippen MR) is 36.1 cm³/mol. The van der Waals surface area contributed by atoms with Gasteiger partial charge in [0.05, 0.1) is 6.10 Å². The molecule has 1 N–H and O–H groups in total. The molecule has 2 rings (SSSR count). The standard InChI is InChI=1S/C8H14O/c9-8-4-2-1-3-6-5-7(6)8/h6-9H,1-5H2/t6-,7-,8-/m0/s1. The molecule has 1 nitrogen and oxygen atoms in total. The molecule has 2 aliphatic rings. The predicted octanol–water partition coefficient (Wildman–Crippen LogP) is 1.56. The molecule has 0 bridgehead atoms. The molecule has 52 valence electrons. The Balaban J connectivity index is 1.96. The van der Waals surface area contributed by atoms with E-state index in [0.29, 0.717) is 5.92 Å². The zero-order valence-electron chi connectivity index (χ0n) is 5.71. The molecule has 0 aliphatic heterocycles. The lowest BCUT2D eigenvalue weighted by molar-refractivity contribution is 0.139. The number of hydrogen-bond acceptors (Lipinski definition) is 1. The van der Waals surface area contributed by atoms with E-state index >= 15 is 0 Å². The van der Waals surface area contributed by atoms with Gasteiger partial charge in [-0.1, -0.05) is 19.3 Å². The van der Waals surface area contributed by atoms with Gasteiger partial charge in [0.25, 0.3) is 0 Å². The minimum Gasteiger partial charge on any atom is -0.393 e. The van der Waals surface area contributed by atoms with E-state index in [1.165, 1.54) is 25.7 Å². The van der Waals surface area contributed by atoms with E-state index < -0.39 is 0 Å². The Morgan fingerprint density at radius 1 is 1.11 bits per heavy atom. The molecule has 0 saturated heterocycles. The van der Waals surface area contributed by atoms with Crippen LogP contribution in [0.1, 0.15) is 32.1 Å². The van der Waals surface area contributed by atoms with Crippen LogP contribution >= 0.6 is 0 Å². The van der Waals surface area contributed by atoms with Crippen LogP contribution in [0.3, 0.4) is 0 Å². The zero-order chi connectivity index (χ0) is 6.27. The molecule has 0 aromatic heterocycles. The molecule has 3 atom stereocenters. The van der Waals surface area contributed by atoms with Crippen LogP contribution in [0.2, 0.25) is 0 Å². The van der Waals surface area contributed by atoms with Gasteiger partial charge >= 0.3 is 0 Å². The first-order valence-corrected chi connectivity index (χ1v) is 4.06. The molecule has 0 aromatic rings. The second-order valence-electron chi connectivity index (χ2n) is 3.51. The van der Waals surface area contributed by atoms with E-state index in [-0.39, 0.29) is 6.10 Å². The van der Waals surface area contributed by atoms with Crippen molar-refractivity contribution in [3.05, 3.63) is 0 Å². The summed E-state index contributed by atoms with van der Waals surface area (Å²) in [6.07, 6.45) is 6.47. The molecule has 0 aromatic carbocycles. The van der Waals surface area contributed by atoms with Crippen LogP contribution in [0.5, 0.6) is 0 Å². The van der Waals surface area contributed by atoms with E-state index in [2.05, 4.69) is 0 Å². The summed E-state index contributed by atoms with van der Waals surface area (Å²) in [5, 5.41) is 9.40. The van der Waals surface area contributed by atoms with Gasteiger partial charge in [0.15, 0.2) is 0 Å². The van der Waals surface area contributed by atoms with Gasteiger partial charge in [-0.15, -0.1) is 0 Å². The summed E-state index contributed by atoms with van der Waals surface area (Å²) in [6.45, 7) is 0. The molecule has 2 aliphatic carbocycles. The van der Waals surface area contributed by atoms with Crippen LogP contribution < -0.4 is 0 Å². The minimum absolute atomic E-state index is 0.0671. The van der Waals surface area contributed by atoms with Crippen molar-refractivity contribution in [1.82, 2.24) is 0 Å². The fourth-order valence-corrected chi connectivity index (χ4v) is 2.05. The van der Waals surface area contributed by atoms with Gasteiger partial charge in [0.2, 0.25) is 0 Å². The Hall–Kier alpha value is -0.0400. The van der Waals surface area contributed by atoms with Crippen LogP contribution in [0.15, 0.2) is 0 Å². The van der Waals surface area contributed by atoms with Crippen molar-refractivity contribution in [3.8, 4) is 0 Å². The first-order valence-electron chi connectivity index (χ1n) is 4.06. The molecule has 9 heavy (non-hydrogen) atoms. The highest BCUT2D eigenvalue weighted by molar-refractivity contribution is 4.92. The molecule has 0 amide bonds. The maximum Gasteiger partial charge on any atom is 0.0571 e. The van der Waals surface area contributed by atoms with Gasteiger partial charge in [-0.2, -0.15) is 0 Å². The van der Waals surface area contributed by atoms with Crippen LogP contribution in [0.4, 0.5) is 0 Å². The average Bonchev–Trinajstić information content (AvgIpc) is 2.55. The van der Waals surface area contributed by atoms with Crippen LogP contribution in [-0.2, 0) is 0 Å². The molecule has 0 spiro atoms. The van der Waals surface area contributed by atoms with Crippen molar-refractivity contribution in [1.29, 1.82) is 0 Å². The largest absolute Gasteiger partial charge is 0.393 e. The van der Waals surface area contributed by atoms with Gasteiger partial charge in [-0.3, -0.25) is 0 Å². The highest BCUT2D eigenvalue weighted by Gasteiger charge is 2.42. The molecule has 1 heteroatoms. The molecule has 0 unspecified atom stereocenters. The first-order chi connectivity index (χ1) is 4.38. The van der Waals surface area contributed by atoms with Crippen molar-refractivity contribution in [3.63, 3.8) is 0 Å². The number of fused-ring (bicyclic) bond motifs is 1. The summed E-state index contributed by atoms with van der Waals surface area (Å²) in [4.78, 5) is 0. The number of rotatable bonds is 0. The summed E-state index contributed by atoms with van der Waals surface area (Å²) in [7, 11) is 0. The van der Waals surface area contributed by atoms with Crippen LogP contribution in [-0.4, -0.2) is 11.2 Å². The highest BCUT2D eigenvalue weighted by atomic mass is 16.3. The fourth-order valence-electron chi connectivity index (χ4n) is 2.05. The van der Waals surface area contributed by atoms with Crippen molar-refractivity contribution in [2.45, 2.75) is 38.2 Å². The topological polar surface area (TPSA) is 20.2 Å². The summed E-state index contributed by atoms with van der Waals surface area (Å²) in [6, 6.07) is 0. The average molecular weight is 126 g/mol. The third-order valence-corrected chi connectivity index (χ3v) is 2.80. The Bertz CT molecular complexity index is 111. The van der Waals surface area contributed by atoms with Gasteiger partial charge in [-0.25, -0.2) is 0 Å². The molecule has 2 saturated carbocycles. The van der Waals surface area contributed by atoms with Crippen molar-refractivity contribution in [2.75, 3.05) is 0 Å². The SMILES string of the molecule is O[C@H]1CCCC[C@H]2C[C@@H]21. The maximum atomic E-state index is 9.40. The van der Waals surface area contributed by atoms with Gasteiger partial charge in [0, 0.05) is 0 Å². The first kappa shape index (κ1) is 5.72. The van der Waals surface area contributed by atoms with Crippen LogP contribution in [0, 0.1) is 11.8 Å². The van der Waals surface area contributed by atoms with E-state index in [0.717, 1.165) is 12.3 Å². The van der Waals surface area contributed by atoms with Gasteiger partial charge in [-0.05, 0) is 24.7 Å². The quantitative estimate of drug-likeness (QED) is 0.522. The molecule has 2 fully saturated rings. The van der Waals surface area contributed by atoms with E-state index in [9.17, 15) is 5.11 Å². The number of aliphatic hydroxyl groups is 1. The Morgan fingerprint density at radius 2 is 1.89 bits per heavy atom. The summed E-state index contributed by atoms with van der Waals surface area (Å²) in [5.41, 5.74) is 0. The number of aliphatic hydroxyl groups excluding tert-OH is 1. The van der Waals surface area contributed by atoms with Crippen molar-refractivity contribution < 1.29 is 5.11 Å². The lowest BCUT2D eigenvalue weighted by Gasteiger charge is -2.04. The number of hydrogen-bond donors (Lipinski definition) is 1. The zero-order valence-corrected chi connectivity index (χ0v) is 5.71. The lowest BCUT2D eigenvalue weighted by atomic mass is 10.1. The van der Waals surface area contributed by atoms with Gasteiger partial charge in [0.1, 0.15) is 0 Å². The Kier molecular flexibility index (Phi) is 1.26. The molecule has 0 radical (unpaired) electrons. The molecular formula is C8H14O. The normalized spacial score (nSPS) is 49.7. The Morgan fingerprint density at radius 3 is 2.78 bits per heavy atom. The van der Waals surface area contributed by atoms with Crippen molar-refractivity contribution >= 4 is 0 Å². The second kappa shape index (κ2) is 1.98. The van der Waals surface area contributed by atoms with E-state index in [1.807, 2.05) is 0 Å². The third-order valence-electron chi connectivity index (χ3n) is 2.80. The van der Waals surface area contributed by atoms with Crippen molar-refractivity contribution in [2.24, 2.45) is 11.8 Å². The van der Waals surface area contributed by atoms with E-state index in [4.69, 9.17) is 0 Å². The van der Waals surface area contributed by atoms with E-state index in [1.54, 1.807) is 0 Å². The highest BCUT2D eigenvalue weighted by Crippen LogP contribution is 2.47. The summed E-state index contributed by atoms with van der Waals surface area (Å²) in [5.74, 6) is 1.63. The lowest BCUT2D eigenvalue weighted by Crippen LogP contribution is -2.07. The minimum atomic E-state index is 0.0671. The fraction of sp³-hybridized carbons (Fsp3) is 1.00.